The zero-order valence-corrected chi connectivity index (χ0v) is 8.79. The zero-order valence-electron chi connectivity index (χ0n) is 8.79. The van der Waals surface area contributed by atoms with Crippen LogP contribution in [-0.2, 0) is 4.74 Å². The molecule has 0 aromatic heterocycles. The van der Waals surface area contributed by atoms with Gasteiger partial charge in [0.05, 0.1) is 12.7 Å². The Morgan fingerprint density at radius 1 is 1.36 bits per heavy atom. The normalized spacial score (nSPS) is 27.6. The summed E-state index contributed by atoms with van der Waals surface area (Å²) in [6.07, 6.45) is 0.229. The monoisotopic (exact) mass is 191 g/mol. The van der Waals surface area contributed by atoms with Gasteiger partial charge in [-0.05, 0) is 25.0 Å². The third-order valence-electron chi connectivity index (χ3n) is 2.73. The molecule has 1 aliphatic heterocycles. The second kappa shape index (κ2) is 4.11. The molecule has 2 nitrogen and oxygen atoms in total. The summed E-state index contributed by atoms with van der Waals surface area (Å²) in [6, 6.07) is 8.91. The van der Waals surface area contributed by atoms with Crippen LogP contribution in [0.3, 0.4) is 0 Å². The number of aryl methyl sites for hydroxylation is 1. The van der Waals surface area contributed by atoms with Crippen molar-refractivity contribution in [1.29, 1.82) is 0 Å². The van der Waals surface area contributed by atoms with Gasteiger partial charge in [0.25, 0.3) is 0 Å². The first-order chi connectivity index (χ1) is 6.77. The van der Waals surface area contributed by atoms with Crippen molar-refractivity contribution in [2.75, 3.05) is 13.2 Å². The fraction of sp³-hybridized carbons (Fsp3) is 0.500. The Morgan fingerprint density at radius 3 is 2.79 bits per heavy atom. The number of nitrogens with one attached hydrogen (secondary N) is 1. The summed E-state index contributed by atoms with van der Waals surface area (Å²) < 4.78 is 5.79. The lowest BCUT2D eigenvalue weighted by molar-refractivity contribution is 0.00661. The van der Waals surface area contributed by atoms with Crippen LogP contribution in [-0.4, -0.2) is 19.2 Å². The van der Waals surface area contributed by atoms with Gasteiger partial charge in [-0.3, -0.25) is 0 Å². The zero-order chi connectivity index (χ0) is 9.97. The Morgan fingerprint density at radius 2 is 2.14 bits per heavy atom. The van der Waals surface area contributed by atoms with Crippen LogP contribution in [0.5, 0.6) is 0 Å². The number of hydrogen-bond donors (Lipinski definition) is 1. The summed E-state index contributed by atoms with van der Waals surface area (Å²) in [5, 5.41) is 3.43. The minimum Gasteiger partial charge on any atom is -0.371 e. The van der Waals surface area contributed by atoms with E-state index >= 15 is 0 Å². The molecule has 1 N–H and O–H groups in total. The molecule has 0 radical (unpaired) electrons. The minimum absolute atomic E-state index is 0.229. The second-order valence-corrected chi connectivity index (χ2v) is 3.99. The fourth-order valence-corrected chi connectivity index (χ4v) is 1.83. The molecule has 2 rings (SSSR count). The topological polar surface area (TPSA) is 21.3 Å². The van der Waals surface area contributed by atoms with Crippen molar-refractivity contribution in [2.24, 2.45) is 0 Å². The smallest absolute Gasteiger partial charge is 0.0952 e. The van der Waals surface area contributed by atoms with Crippen LogP contribution >= 0.6 is 0 Å². The van der Waals surface area contributed by atoms with E-state index < -0.39 is 0 Å². The molecular weight excluding hydrogens is 174 g/mol. The maximum atomic E-state index is 5.79. The SMILES string of the molecule is Cc1ccccc1[C@H]1CN[C@@H](C)CO1. The third-order valence-corrected chi connectivity index (χ3v) is 2.73. The van der Waals surface area contributed by atoms with E-state index in [2.05, 4.69) is 43.4 Å². The van der Waals surface area contributed by atoms with E-state index in [9.17, 15) is 0 Å². The fourth-order valence-electron chi connectivity index (χ4n) is 1.83. The molecule has 0 spiro atoms. The van der Waals surface area contributed by atoms with E-state index in [1.807, 2.05) is 0 Å². The molecule has 0 saturated carbocycles. The Bertz CT molecular complexity index is 303. The van der Waals surface area contributed by atoms with Crippen molar-refractivity contribution >= 4 is 0 Å². The van der Waals surface area contributed by atoms with Crippen LogP contribution in [0, 0.1) is 6.92 Å². The molecule has 1 fully saturated rings. The van der Waals surface area contributed by atoms with Gasteiger partial charge in [-0.15, -0.1) is 0 Å². The molecule has 76 valence electrons. The molecule has 2 atom stereocenters. The molecule has 0 amide bonds. The maximum absolute atomic E-state index is 5.79. The molecule has 14 heavy (non-hydrogen) atoms. The van der Waals surface area contributed by atoms with E-state index in [1.54, 1.807) is 0 Å². The molecule has 1 aromatic carbocycles. The molecule has 0 unspecified atom stereocenters. The summed E-state index contributed by atoms with van der Waals surface area (Å²) in [7, 11) is 0. The Balaban J connectivity index is 2.12. The summed E-state index contributed by atoms with van der Waals surface area (Å²) >= 11 is 0. The highest BCUT2D eigenvalue weighted by Gasteiger charge is 2.20. The van der Waals surface area contributed by atoms with E-state index in [0.29, 0.717) is 6.04 Å². The van der Waals surface area contributed by atoms with Gasteiger partial charge >= 0.3 is 0 Å². The lowest BCUT2D eigenvalue weighted by Gasteiger charge is -2.29. The van der Waals surface area contributed by atoms with Crippen LogP contribution in [0.2, 0.25) is 0 Å². The number of hydrogen-bond acceptors (Lipinski definition) is 2. The van der Waals surface area contributed by atoms with Gasteiger partial charge in [-0.25, -0.2) is 0 Å². The minimum atomic E-state index is 0.229. The van der Waals surface area contributed by atoms with Crippen molar-refractivity contribution in [3.05, 3.63) is 35.4 Å². The van der Waals surface area contributed by atoms with E-state index in [4.69, 9.17) is 4.74 Å². The van der Waals surface area contributed by atoms with Crippen LogP contribution in [0.25, 0.3) is 0 Å². The predicted molar refractivity (Wildman–Crippen MR) is 57.3 cm³/mol. The standard InChI is InChI=1S/C12H17NO/c1-9-5-3-4-6-11(9)12-7-13-10(2)8-14-12/h3-6,10,12-13H,7-8H2,1-2H3/t10-,12+/m0/s1. The average molecular weight is 191 g/mol. The van der Waals surface area contributed by atoms with Gasteiger partial charge < -0.3 is 10.1 Å². The number of rotatable bonds is 1. The predicted octanol–water partition coefficient (Wildman–Crippen LogP) is 2.04. The molecular formula is C12H17NO. The first-order valence-corrected chi connectivity index (χ1v) is 5.18. The lowest BCUT2D eigenvalue weighted by atomic mass is 10.0. The van der Waals surface area contributed by atoms with Gasteiger partial charge in [-0.1, -0.05) is 24.3 Å². The number of benzene rings is 1. The summed E-state index contributed by atoms with van der Waals surface area (Å²) in [5.41, 5.74) is 2.63. The van der Waals surface area contributed by atoms with E-state index in [1.165, 1.54) is 11.1 Å². The number of ether oxygens (including phenoxy) is 1. The highest BCUT2D eigenvalue weighted by Crippen LogP contribution is 2.22. The Hall–Kier alpha value is -0.860. The van der Waals surface area contributed by atoms with Crippen LogP contribution in [0.4, 0.5) is 0 Å². The van der Waals surface area contributed by atoms with Crippen molar-refractivity contribution in [2.45, 2.75) is 26.0 Å². The molecule has 0 aliphatic carbocycles. The Kier molecular flexibility index (Phi) is 2.85. The molecule has 1 aromatic rings. The van der Waals surface area contributed by atoms with E-state index in [0.717, 1.165) is 13.2 Å². The maximum Gasteiger partial charge on any atom is 0.0952 e. The van der Waals surface area contributed by atoms with Gasteiger partial charge in [0, 0.05) is 12.6 Å². The van der Waals surface area contributed by atoms with Crippen LogP contribution < -0.4 is 5.32 Å². The van der Waals surface area contributed by atoms with Crippen LogP contribution in [0.15, 0.2) is 24.3 Å². The first kappa shape index (κ1) is 9.69. The van der Waals surface area contributed by atoms with Gasteiger partial charge in [-0.2, -0.15) is 0 Å². The average Bonchev–Trinajstić information content (AvgIpc) is 2.20. The van der Waals surface area contributed by atoms with Crippen LogP contribution in [0.1, 0.15) is 24.2 Å². The van der Waals surface area contributed by atoms with E-state index in [-0.39, 0.29) is 6.10 Å². The molecule has 2 heteroatoms. The first-order valence-electron chi connectivity index (χ1n) is 5.18. The number of morpholine rings is 1. The second-order valence-electron chi connectivity index (χ2n) is 3.99. The van der Waals surface area contributed by atoms with Gasteiger partial charge in [0.2, 0.25) is 0 Å². The molecule has 1 aliphatic rings. The largest absolute Gasteiger partial charge is 0.371 e. The van der Waals surface area contributed by atoms with Crippen molar-refractivity contribution in [3.63, 3.8) is 0 Å². The van der Waals surface area contributed by atoms with Crippen molar-refractivity contribution in [3.8, 4) is 0 Å². The van der Waals surface area contributed by atoms with Crippen molar-refractivity contribution in [1.82, 2.24) is 5.32 Å². The summed E-state index contributed by atoms with van der Waals surface area (Å²) in [6.45, 7) is 6.01. The molecule has 1 heterocycles. The Labute approximate surface area is 85.3 Å². The van der Waals surface area contributed by atoms with Gasteiger partial charge in [0.15, 0.2) is 0 Å². The quantitative estimate of drug-likeness (QED) is 0.733. The highest BCUT2D eigenvalue weighted by atomic mass is 16.5. The van der Waals surface area contributed by atoms with Crippen molar-refractivity contribution < 1.29 is 4.74 Å². The third kappa shape index (κ3) is 1.97. The molecule has 0 bridgehead atoms. The van der Waals surface area contributed by atoms with Gasteiger partial charge in [0.1, 0.15) is 0 Å². The highest BCUT2D eigenvalue weighted by molar-refractivity contribution is 5.28. The molecule has 1 saturated heterocycles. The summed E-state index contributed by atoms with van der Waals surface area (Å²) in [5.74, 6) is 0. The summed E-state index contributed by atoms with van der Waals surface area (Å²) in [4.78, 5) is 0. The lowest BCUT2D eigenvalue weighted by Crippen LogP contribution is -2.40.